The van der Waals surface area contributed by atoms with Crippen LogP contribution in [0.4, 0.5) is 0 Å². The highest BCUT2D eigenvalue weighted by atomic mass is 16.4. The number of hydrogen-bond donors (Lipinski definition) is 1. The van der Waals surface area contributed by atoms with Gasteiger partial charge in [-0.25, -0.2) is 0 Å². The summed E-state index contributed by atoms with van der Waals surface area (Å²) in [7, 11) is 4.17. The van der Waals surface area contributed by atoms with Gasteiger partial charge in [0.05, 0.1) is 20.6 Å². The Labute approximate surface area is 200 Å². The van der Waals surface area contributed by atoms with Gasteiger partial charge in [-0.3, -0.25) is 0 Å². The summed E-state index contributed by atoms with van der Waals surface area (Å²) < 4.78 is 0.663. The average Bonchev–Trinajstić information content (AvgIpc) is 2.72. The van der Waals surface area contributed by atoms with E-state index in [9.17, 15) is 15.0 Å². The van der Waals surface area contributed by atoms with E-state index in [0.29, 0.717) is 17.4 Å². The lowest BCUT2D eigenvalue weighted by Gasteiger charge is -2.38. The predicted molar refractivity (Wildman–Crippen MR) is 135 cm³/mol. The zero-order chi connectivity index (χ0) is 24.1. The second-order valence-electron chi connectivity index (χ2n) is 10.9. The third kappa shape index (κ3) is 20.0. The molecule has 4 heteroatoms. The van der Waals surface area contributed by atoms with E-state index >= 15 is 0 Å². The molecule has 0 radical (unpaired) electrons. The van der Waals surface area contributed by atoms with E-state index in [1.807, 2.05) is 0 Å². The summed E-state index contributed by atoms with van der Waals surface area (Å²) in [5.41, 5.74) is -0.638. The topological polar surface area (TPSA) is 60.4 Å². The number of quaternary nitrogens is 1. The fraction of sp³-hybridized carbons (Fsp3) is 0.964. The van der Waals surface area contributed by atoms with Crippen LogP contribution in [0.1, 0.15) is 142 Å². The third-order valence-corrected chi connectivity index (χ3v) is 7.02. The van der Waals surface area contributed by atoms with E-state index in [2.05, 4.69) is 27.9 Å². The smallest absolute Gasteiger partial charge is 0.113 e. The van der Waals surface area contributed by atoms with Crippen LogP contribution in [0.15, 0.2) is 0 Å². The molecule has 0 aromatic heterocycles. The average molecular weight is 456 g/mol. The van der Waals surface area contributed by atoms with E-state index in [4.69, 9.17) is 0 Å². The highest BCUT2D eigenvalue weighted by Gasteiger charge is 2.32. The number of aliphatic carboxylic acids is 1. The zero-order valence-electron chi connectivity index (χ0n) is 22.3. The zero-order valence-corrected chi connectivity index (χ0v) is 22.3. The Balaban J connectivity index is 3.65. The van der Waals surface area contributed by atoms with Crippen LogP contribution in [0, 0.1) is 0 Å². The Bertz CT molecular complexity index is 438. The molecule has 0 bridgehead atoms. The fourth-order valence-electron chi connectivity index (χ4n) is 4.90. The van der Waals surface area contributed by atoms with Crippen LogP contribution in [-0.4, -0.2) is 48.3 Å². The van der Waals surface area contributed by atoms with Crippen LogP contribution >= 0.6 is 0 Å². The molecular formula is C28H57NO3. The first-order valence-corrected chi connectivity index (χ1v) is 14.0. The molecule has 0 aromatic carbocycles. The molecule has 0 fully saturated rings. The number of likely N-dealkylation sites (N-methyl/N-ethyl adjacent to an activating group) is 1. The van der Waals surface area contributed by atoms with Crippen molar-refractivity contribution in [3.05, 3.63) is 0 Å². The molecule has 1 unspecified atom stereocenters. The standard InChI is InChI=1S/C28H57NO3/c1-5-7-8-9-10-11-12-13-14-15-16-17-18-19-20-21-24-28(32,6-2)26-29(3,4)25-22-23-27(30)31/h32H,5-26H2,1-4H3. The molecule has 0 aliphatic rings. The van der Waals surface area contributed by atoms with Gasteiger partial charge in [-0.1, -0.05) is 117 Å². The van der Waals surface area contributed by atoms with Crippen molar-refractivity contribution < 1.29 is 19.5 Å². The lowest BCUT2D eigenvalue weighted by atomic mass is 9.91. The van der Waals surface area contributed by atoms with E-state index < -0.39 is 11.6 Å². The van der Waals surface area contributed by atoms with Gasteiger partial charge in [0.1, 0.15) is 12.1 Å². The molecule has 0 heterocycles. The summed E-state index contributed by atoms with van der Waals surface area (Å²) >= 11 is 0. The summed E-state index contributed by atoms with van der Waals surface area (Å²) in [5, 5.41) is 21.7. The van der Waals surface area contributed by atoms with Crippen molar-refractivity contribution in [1.29, 1.82) is 0 Å². The van der Waals surface area contributed by atoms with Crippen molar-refractivity contribution >= 4 is 5.97 Å². The maximum atomic E-state index is 11.0. The molecule has 4 nitrogen and oxygen atoms in total. The first kappa shape index (κ1) is 31.4. The number of unbranched alkanes of at least 4 members (excludes halogenated alkanes) is 15. The number of hydrogen-bond acceptors (Lipinski definition) is 3. The molecule has 0 spiro atoms. The number of rotatable bonds is 24. The minimum Gasteiger partial charge on any atom is -0.550 e. The largest absolute Gasteiger partial charge is 0.550 e. The van der Waals surface area contributed by atoms with Crippen LogP contribution in [0.3, 0.4) is 0 Å². The van der Waals surface area contributed by atoms with E-state index in [-0.39, 0.29) is 6.42 Å². The molecule has 0 saturated carbocycles. The second kappa shape index (κ2) is 19.8. The Morgan fingerprint density at radius 2 is 1.12 bits per heavy atom. The molecule has 0 amide bonds. The van der Waals surface area contributed by atoms with Crippen LogP contribution < -0.4 is 5.11 Å². The van der Waals surface area contributed by atoms with Gasteiger partial charge in [0.2, 0.25) is 0 Å². The molecule has 1 atom stereocenters. The van der Waals surface area contributed by atoms with Gasteiger partial charge < -0.3 is 19.5 Å². The van der Waals surface area contributed by atoms with Gasteiger partial charge in [0.15, 0.2) is 0 Å². The number of carboxylic acid groups (broad SMARTS) is 1. The van der Waals surface area contributed by atoms with Gasteiger partial charge in [0.25, 0.3) is 0 Å². The van der Waals surface area contributed by atoms with Crippen LogP contribution in [0.25, 0.3) is 0 Å². The lowest BCUT2D eigenvalue weighted by Crippen LogP contribution is -2.52. The molecule has 0 aromatic rings. The third-order valence-electron chi connectivity index (χ3n) is 7.02. The van der Waals surface area contributed by atoms with E-state index in [1.54, 1.807) is 0 Å². The van der Waals surface area contributed by atoms with Crippen LogP contribution in [0.2, 0.25) is 0 Å². The molecule has 0 aliphatic heterocycles. The number of aliphatic hydroxyl groups is 1. The van der Waals surface area contributed by atoms with Crippen molar-refractivity contribution in [2.45, 2.75) is 148 Å². The first-order chi connectivity index (χ1) is 15.2. The van der Waals surface area contributed by atoms with Gasteiger partial charge in [0, 0.05) is 12.4 Å². The van der Waals surface area contributed by atoms with Gasteiger partial charge in [-0.05, 0) is 19.3 Å². The first-order valence-electron chi connectivity index (χ1n) is 14.0. The second-order valence-corrected chi connectivity index (χ2v) is 10.9. The minimum atomic E-state index is -0.982. The fourth-order valence-corrected chi connectivity index (χ4v) is 4.90. The maximum absolute atomic E-state index is 11.0. The molecule has 192 valence electrons. The van der Waals surface area contributed by atoms with Crippen molar-refractivity contribution in [3.63, 3.8) is 0 Å². The minimum absolute atomic E-state index is 0.103. The number of carboxylic acids is 1. The Morgan fingerprint density at radius 1 is 0.719 bits per heavy atom. The Hall–Kier alpha value is -0.610. The number of nitrogens with zero attached hydrogens (tertiary/aromatic N) is 1. The Kier molecular flexibility index (Phi) is 19.4. The van der Waals surface area contributed by atoms with Gasteiger partial charge in [-0.2, -0.15) is 0 Å². The normalized spacial score (nSPS) is 13.9. The number of carbonyl (C=O) groups is 1. The summed E-state index contributed by atoms with van der Waals surface area (Å²) in [4.78, 5) is 10.6. The monoisotopic (exact) mass is 455 g/mol. The molecule has 0 rings (SSSR count). The number of carbonyl (C=O) groups excluding carboxylic acids is 1. The van der Waals surface area contributed by atoms with Crippen molar-refractivity contribution in [1.82, 2.24) is 0 Å². The van der Waals surface area contributed by atoms with Crippen molar-refractivity contribution in [3.8, 4) is 0 Å². The lowest BCUT2D eigenvalue weighted by molar-refractivity contribution is -0.897. The summed E-state index contributed by atoms with van der Waals surface area (Å²) in [5.74, 6) is -0.982. The molecule has 0 saturated heterocycles. The Morgan fingerprint density at radius 3 is 1.50 bits per heavy atom. The quantitative estimate of drug-likeness (QED) is 0.136. The predicted octanol–water partition coefficient (Wildman–Crippen LogP) is 6.39. The van der Waals surface area contributed by atoms with E-state index in [0.717, 1.165) is 25.8 Å². The molecule has 1 N–H and O–H groups in total. The van der Waals surface area contributed by atoms with Crippen molar-refractivity contribution in [2.24, 2.45) is 0 Å². The van der Waals surface area contributed by atoms with Gasteiger partial charge in [-0.15, -0.1) is 0 Å². The summed E-state index contributed by atoms with van der Waals surface area (Å²) in [6.45, 7) is 5.79. The highest BCUT2D eigenvalue weighted by molar-refractivity contribution is 5.64. The summed E-state index contributed by atoms with van der Waals surface area (Å²) in [6, 6.07) is 0. The van der Waals surface area contributed by atoms with E-state index in [1.165, 1.54) is 96.3 Å². The molecule has 0 aliphatic carbocycles. The SMILES string of the molecule is CCCCCCCCCCCCCCCCCCC(O)(CC)C[N+](C)(C)CCCC(=O)[O-]. The molecule has 32 heavy (non-hydrogen) atoms. The maximum Gasteiger partial charge on any atom is 0.113 e. The van der Waals surface area contributed by atoms with Crippen molar-refractivity contribution in [2.75, 3.05) is 27.2 Å². The van der Waals surface area contributed by atoms with Crippen LogP contribution in [0.5, 0.6) is 0 Å². The molecular weight excluding hydrogens is 398 g/mol. The highest BCUT2D eigenvalue weighted by Crippen LogP contribution is 2.23. The van der Waals surface area contributed by atoms with Gasteiger partial charge >= 0.3 is 0 Å². The summed E-state index contributed by atoms with van der Waals surface area (Å²) in [6.07, 6.45) is 24.1. The van der Waals surface area contributed by atoms with Crippen LogP contribution in [-0.2, 0) is 4.79 Å².